The second-order valence-corrected chi connectivity index (χ2v) is 4.25. The van der Waals surface area contributed by atoms with Gasteiger partial charge in [0, 0.05) is 25.4 Å². The van der Waals surface area contributed by atoms with Gasteiger partial charge in [0.2, 0.25) is 0 Å². The van der Waals surface area contributed by atoms with E-state index in [9.17, 15) is 9.59 Å². The molecule has 0 N–H and O–H groups in total. The molecule has 0 saturated carbocycles. The van der Waals surface area contributed by atoms with Crippen LogP contribution >= 0.6 is 0 Å². The quantitative estimate of drug-likeness (QED) is 0.760. The number of nitrogens with zero attached hydrogens (tertiary/aromatic N) is 2. The fourth-order valence-corrected chi connectivity index (χ4v) is 1.58. The molecule has 0 spiro atoms. The largest absolute Gasteiger partial charge is 0.330 e. The van der Waals surface area contributed by atoms with Gasteiger partial charge in [0.05, 0.1) is 0 Å². The summed E-state index contributed by atoms with van der Waals surface area (Å²) < 4.78 is 2.94. The van der Waals surface area contributed by atoms with Crippen molar-refractivity contribution in [2.45, 2.75) is 46.7 Å². The highest BCUT2D eigenvalue weighted by Crippen LogP contribution is 2.01. The van der Waals surface area contributed by atoms with Crippen molar-refractivity contribution >= 4 is 0 Å². The molecule has 0 aliphatic carbocycles. The second kappa shape index (κ2) is 5.68. The molecule has 4 heteroatoms. The summed E-state index contributed by atoms with van der Waals surface area (Å²) in [6.45, 7) is 7.29. The minimum absolute atomic E-state index is 0.186. The lowest BCUT2D eigenvalue weighted by Crippen LogP contribution is -2.40. The number of hydrogen-bond acceptors (Lipinski definition) is 2. The zero-order valence-corrected chi connectivity index (χ0v) is 10.3. The maximum atomic E-state index is 12.0. The minimum atomic E-state index is -0.197. The number of aryl methyl sites for hydroxylation is 1. The van der Waals surface area contributed by atoms with E-state index in [0.29, 0.717) is 19.0 Å². The van der Waals surface area contributed by atoms with Crippen molar-refractivity contribution in [3.63, 3.8) is 0 Å². The predicted molar refractivity (Wildman–Crippen MR) is 64.7 cm³/mol. The van der Waals surface area contributed by atoms with Gasteiger partial charge in [-0.05, 0) is 12.3 Å². The monoisotopic (exact) mass is 224 g/mol. The summed E-state index contributed by atoms with van der Waals surface area (Å²) in [5, 5.41) is 0. The van der Waals surface area contributed by atoms with Crippen LogP contribution in [0.15, 0.2) is 21.9 Å². The summed E-state index contributed by atoms with van der Waals surface area (Å²) in [5.41, 5.74) is -0.382. The smallest absolute Gasteiger partial charge is 0.300 e. The highest BCUT2D eigenvalue weighted by atomic mass is 16.2. The van der Waals surface area contributed by atoms with Crippen LogP contribution in [0.25, 0.3) is 0 Å². The third-order valence-electron chi connectivity index (χ3n) is 2.80. The Hall–Kier alpha value is -1.32. The summed E-state index contributed by atoms with van der Waals surface area (Å²) in [6, 6.07) is 1.47. The summed E-state index contributed by atoms with van der Waals surface area (Å²) in [6.07, 6.45) is 3.44. The van der Waals surface area contributed by atoms with E-state index in [4.69, 9.17) is 0 Å². The zero-order chi connectivity index (χ0) is 12.1. The van der Waals surface area contributed by atoms with Crippen LogP contribution in [-0.2, 0) is 13.1 Å². The Morgan fingerprint density at radius 3 is 2.56 bits per heavy atom. The summed E-state index contributed by atoms with van der Waals surface area (Å²) in [5.74, 6) is 0.350. The predicted octanol–water partition coefficient (Wildman–Crippen LogP) is 1.47. The second-order valence-electron chi connectivity index (χ2n) is 4.25. The molecule has 0 radical (unpaired) electrons. The molecule has 16 heavy (non-hydrogen) atoms. The standard InChI is InChI=1S/C12H20N2O2/c1-4-7-13-8-6-11(15)14(12(13)16)9-10(3)5-2/h6,8,10H,4-5,7,9H2,1-3H3. The van der Waals surface area contributed by atoms with Crippen molar-refractivity contribution < 1.29 is 0 Å². The first-order chi connectivity index (χ1) is 7.60. The van der Waals surface area contributed by atoms with Crippen molar-refractivity contribution in [3.8, 4) is 0 Å². The molecule has 0 aromatic carbocycles. The van der Waals surface area contributed by atoms with Crippen LogP contribution in [0.2, 0.25) is 0 Å². The van der Waals surface area contributed by atoms with Crippen LogP contribution in [0.3, 0.4) is 0 Å². The molecule has 0 amide bonds. The molecule has 4 nitrogen and oxygen atoms in total. The summed E-state index contributed by atoms with van der Waals surface area (Å²) in [7, 11) is 0. The summed E-state index contributed by atoms with van der Waals surface area (Å²) in [4.78, 5) is 23.6. The highest BCUT2D eigenvalue weighted by Gasteiger charge is 2.07. The zero-order valence-electron chi connectivity index (χ0n) is 10.3. The first-order valence-corrected chi connectivity index (χ1v) is 5.90. The topological polar surface area (TPSA) is 44.0 Å². The molecule has 1 heterocycles. The fourth-order valence-electron chi connectivity index (χ4n) is 1.58. The molecule has 1 aromatic heterocycles. The highest BCUT2D eigenvalue weighted by molar-refractivity contribution is 4.86. The molecule has 90 valence electrons. The normalized spacial score (nSPS) is 12.7. The fraction of sp³-hybridized carbons (Fsp3) is 0.667. The lowest BCUT2D eigenvalue weighted by molar-refractivity contribution is 0.431. The Morgan fingerprint density at radius 1 is 1.31 bits per heavy atom. The molecule has 0 aliphatic rings. The maximum Gasteiger partial charge on any atom is 0.330 e. The van der Waals surface area contributed by atoms with E-state index < -0.39 is 0 Å². The van der Waals surface area contributed by atoms with E-state index in [1.165, 1.54) is 10.6 Å². The van der Waals surface area contributed by atoms with E-state index in [-0.39, 0.29) is 11.2 Å². The molecule has 1 atom stereocenters. The van der Waals surface area contributed by atoms with Crippen molar-refractivity contribution in [1.82, 2.24) is 9.13 Å². The van der Waals surface area contributed by atoms with Crippen molar-refractivity contribution in [2.24, 2.45) is 5.92 Å². The van der Waals surface area contributed by atoms with Gasteiger partial charge in [-0.15, -0.1) is 0 Å². The van der Waals surface area contributed by atoms with Gasteiger partial charge in [0.25, 0.3) is 5.56 Å². The van der Waals surface area contributed by atoms with E-state index in [2.05, 4.69) is 6.92 Å². The Bertz CT molecular complexity index is 445. The number of hydrogen-bond donors (Lipinski definition) is 0. The lowest BCUT2D eigenvalue weighted by atomic mass is 10.1. The molecule has 0 saturated heterocycles. The van der Waals surface area contributed by atoms with Gasteiger partial charge in [-0.1, -0.05) is 27.2 Å². The average molecular weight is 224 g/mol. The Balaban J connectivity index is 3.11. The Kier molecular flexibility index (Phi) is 4.52. The van der Waals surface area contributed by atoms with Crippen LogP contribution in [0, 0.1) is 5.92 Å². The van der Waals surface area contributed by atoms with Crippen LogP contribution in [0.5, 0.6) is 0 Å². The van der Waals surface area contributed by atoms with Crippen molar-refractivity contribution in [2.75, 3.05) is 0 Å². The van der Waals surface area contributed by atoms with E-state index in [0.717, 1.165) is 12.8 Å². The van der Waals surface area contributed by atoms with Crippen LogP contribution in [-0.4, -0.2) is 9.13 Å². The first kappa shape index (κ1) is 12.7. The molecule has 1 rings (SSSR count). The van der Waals surface area contributed by atoms with E-state index in [1.807, 2.05) is 13.8 Å². The molecule has 0 aliphatic heterocycles. The Morgan fingerprint density at radius 2 is 2.00 bits per heavy atom. The third kappa shape index (κ3) is 2.84. The number of rotatable bonds is 5. The number of aromatic nitrogens is 2. The van der Waals surface area contributed by atoms with Crippen LogP contribution in [0.1, 0.15) is 33.6 Å². The van der Waals surface area contributed by atoms with Gasteiger partial charge in [0.1, 0.15) is 0 Å². The van der Waals surface area contributed by atoms with Crippen LogP contribution in [0.4, 0.5) is 0 Å². The van der Waals surface area contributed by atoms with Crippen LogP contribution < -0.4 is 11.2 Å². The Labute approximate surface area is 95.5 Å². The van der Waals surface area contributed by atoms with E-state index in [1.54, 1.807) is 10.8 Å². The van der Waals surface area contributed by atoms with Gasteiger partial charge in [0.15, 0.2) is 0 Å². The molecule has 1 aromatic rings. The molecular formula is C12H20N2O2. The lowest BCUT2D eigenvalue weighted by Gasteiger charge is -2.12. The summed E-state index contributed by atoms with van der Waals surface area (Å²) >= 11 is 0. The molecular weight excluding hydrogens is 204 g/mol. The van der Waals surface area contributed by atoms with Gasteiger partial charge in [-0.2, -0.15) is 0 Å². The molecule has 1 unspecified atom stereocenters. The van der Waals surface area contributed by atoms with Gasteiger partial charge >= 0.3 is 5.69 Å². The van der Waals surface area contributed by atoms with Crippen molar-refractivity contribution in [1.29, 1.82) is 0 Å². The SMILES string of the molecule is CCCn1ccc(=O)n(CC(C)CC)c1=O. The third-order valence-corrected chi connectivity index (χ3v) is 2.80. The maximum absolute atomic E-state index is 12.0. The average Bonchev–Trinajstić information content (AvgIpc) is 2.28. The van der Waals surface area contributed by atoms with Gasteiger partial charge in [-0.3, -0.25) is 9.36 Å². The van der Waals surface area contributed by atoms with Crippen molar-refractivity contribution in [3.05, 3.63) is 33.1 Å². The minimum Gasteiger partial charge on any atom is -0.300 e. The first-order valence-electron chi connectivity index (χ1n) is 5.90. The molecule has 0 fully saturated rings. The van der Waals surface area contributed by atoms with E-state index >= 15 is 0 Å². The van der Waals surface area contributed by atoms with Gasteiger partial charge < -0.3 is 4.57 Å². The molecule has 0 bridgehead atoms. The van der Waals surface area contributed by atoms with Gasteiger partial charge in [-0.25, -0.2) is 4.79 Å².